The number of ether oxygens (including phenoxy) is 1. The van der Waals surface area contributed by atoms with Crippen LogP contribution in [0.4, 0.5) is 5.13 Å². The van der Waals surface area contributed by atoms with Gasteiger partial charge >= 0.3 is 0 Å². The lowest BCUT2D eigenvalue weighted by Crippen LogP contribution is -2.17. The van der Waals surface area contributed by atoms with Crippen LogP contribution in [-0.2, 0) is 14.6 Å². The molecule has 1 unspecified atom stereocenters. The molecule has 0 aliphatic carbocycles. The zero-order valence-corrected chi connectivity index (χ0v) is 15.7. The van der Waals surface area contributed by atoms with E-state index in [1.54, 1.807) is 7.11 Å². The molecule has 2 heterocycles. The smallest absolute Gasteiger partial charge is 0.226 e. The molecule has 1 fully saturated rings. The van der Waals surface area contributed by atoms with Gasteiger partial charge in [0.25, 0.3) is 0 Å². The third-order valence-electron chi connectivity index (χ3n) is 4.21. The number of aryl methyl sites for hydroxylation is 1. The van der Waals surface area contributed by atoms with Crippen LogP contribution in [0.2, 0.25) is 0 Å². The largest absolute Gasteiger partial charge is 0.497 e. The number of carbonyl (C=O) groups excluding carboxylic acids is 1. The lowest BCUT2D eigenvalue weighted by atomic mass is 10.1. The maximum absolute atomic E-state index is 12.2. The number of thiazole rings is 1. The number of aromatic nitrogens is 1. The van der Waals surface area contributed by atoms with Crippen LogP contribution in [-0.4, -0.2) is 37.9 Å². The number of hydrogen-bond donors (Lipinski definition) is 1. The minimum Gasteiger partial charge on any atom is -0.497 e. The van der Waals surface area contributed by atoms with Gasteiger partial charge in [0.15, 0.2) is 15.0 Å². The number of nitrogens with zero attached hydrogens (tertiary/aromatic N) is 1. The van der Waals surface area contributed by atoms with E-state index in [0.717, 1.165) is 21.9 Å². The lowest BCUT2D eigenvalue weighted by molar-refractivity contribution is -0.116. The number of nitrogens with one attached hydrogen (secondary N) is 1. The molecule has 1 amide bonds. The van der Waals surface area contributed by atoms with E-state index in [0.29, 0.717) is 11.6 Å². The highest BCUT2D eigenvalue weighted by atomic mass is 32.2. The number of hydrogen-bond acceptors (Lipinski definition) is 6. The Balaban J connectivity index is 1.66. The number of amides is 1. The highest BCUT2D eigenvalue weighted by Gasteiger charge is 2.29. The van der Waals surface area contributed by atoms with Crippen LogP contribution in [0.25, 0.3) is 11.3 Å². The molecule has 1 aromatic carbocycles. The van der Waals surface area contributed by atoms with E-state index >= 15 is 0 Å². The van der Waals surface area contributed by atoms with Crippen LogP contribution in [0.5, 0.6) is 5.75 Å². The Morgan fingerprint density at radius 3 is 2.68 bits per heavy atom. The average molecular weight is 380 g/mol. The van der Waals surface area contributed by atoms with Gasteiger partial charge in [-0.15, -0.1) is 11.3 Å². The van der Waals surface area contributed by atoms with Crippen molar-refractivity contribution < 1.29 is 17.9 Å². The Bertz CT molecular complexity index is 873. The van der Waals surface area contributed by atoms with Gasteiger partial charge in [0.05, 0.1) is 24.3 Å². The number of benzene rings is 1. The maximum Gasteiger partial charge on any atom is 0.226 e. The molecule has 134 valence electrons. The summed E-state index contributed by atoms with van der Waals surface area (Å²) in [5.74, 6) is 0.790. The second kappa shape index (κ2) is 7.13. The number of anilines is 1. The Labute approximate surface area is 151 Å². The van der Waals surface area contributed by atoms with Gasteiger partial charge in [-0.3, -0.25) is 4.79 Å². The molecule has 0 bridgehead atoms. The fourth-order valence-corrected chi connectivity index (χ4v) is 5.65. The maximum atomic E-state index is 12.2. The van der Waals surface area contributed by atoms with E-state index < -0.39 is 9.84 Å². The van der Waals surface area contributed by atoms with Gasteiger partial charge in [0, 0.05) is 16.9 Å². The van der Waals surface area contributed by atoms with Gasteiger partial charge in [0.1, 0.15) is 5.75 Å². The predicted molar refractivity (Wildman–Crippen MR) is 98.8 cm³/mol. The van der Waals surface area contributed by atoms with Gasteiger partial charge in [-0.2, -0.15) is 0 Å². The Morgan fingerprint density at radius 2 is 2.08 bits per heavy atom. The normalized spacial score (nSPS) is 18.9. The quantitative estimate of drug-likeness (QED) is 0.862. The molecule has 3 rings (SSSR count). The molecule has 1 aliphatic heterocycles. The number of sulfone groups is 1. The van der Waals surface area contributed by atoms with E-state index in [9.17, 15) is 13.2 Å². The molecular weight excluding hydrogens is 360 g/mol. The monoisotopic (exact) mass is 380 g/mol. The summed E-state index contributed by atoms with van der Waals surface area (Å²) in [6.45, 7) is 1.95. The van der Waals surface area contributed by atoms with Crippen molar-refractivity contribution in [1.29, 1.82) is 0 Å². The van der Waals surface area contributed by atoms with Crippen LogP contribution >= 0.6 is 11.3 Å². The van der Waals surface area contributed by atoms with Crippen molar-refractivity contribution >= 4 is 32.2 Å². The highest BCUT2D eigenvalue weighted by molar-refractivity contribution is 7.91. The minimum absolute atomic E-state index is 0.0906. The van der Waals surface area contributed by atoms with Crippen molar-refractivity contribution in [3.63, 3.8) is 0 Å². The summed E-state index contributed by atoms with van der Waals surface area (Å²) < 4.78 is 28.1. The first kappa shape index (κ1) is 17.9. The Hall–Kier alpha value is -1.93. The molecule has 1 aromatic heterocycles. The molecule has 0 radical (unpaired) electrons. The predicted octanol–water partition coefficient (Wildman–Crippen LogP) is 2.89. The number of rotatable bonds is 5. The molecule has 0 saturated carbocycles. The van der Waals surface area contributed by atoms with E-state index in [2.05, 4.69) is 10.3 Å². The SMILES string of the molecule is COc1ccc(-c2nc(NC(=O)CC3CCS(=O)(=O)C3)sc2C)cc1. The third kappa shape index (κ3) is 4.38. The Morgan fingerprint density at radius 1 is 1.36 bits per heavy atom. The van der Waals surface area contributed by atoms with Crippen molar-refractivity contribution in [3.05, 3.63) is 29.1 Å². The first-order valence-electron chi connectivity index (χ1n) is 7.98. The van der Waals surface area contributed by atoms with E-state index in [1.807, 2.05) is 31.2 Å². The summed E-state index contributed by atoms with van der Waals surface area (Å²) in [6, 6.07) is 7.59. The van der Waals surface area contributed by atoms with Crippen molar-refractivity contribution in [3.8, 4) is 17.0 Å². The van der Waals surface area contributed by atoms with Crippen LogP contribution in [0.15, 0.2) is 24.3 Å². The fraction of sp³-hybridized carbons (Fsp3) is 0.412. The zero-order valence-electron chi connectivity index (χ0n) is 14.1. The molecular formula is C17H20N2O4S2. The minimum atomic E-state index is -2.96. The van der Waals surface area contributed by atoms with Gasteiger partial charge < -0.3 is 10.1 Å². The summed E-state index contributed by atoms with van der Waals surface area (Å²) in [4.78, 5) is 17.7. The summed E-state index contributed by atoms with van der Waals surface area (Å²) in [5.41, 5.74) is 1.78. The van der Waals surface area contributed by atoms with Crippen LogP contribution in [0.3, 0.4) is 0 Å². The molecule has 25 heavy (non-hydrogen) atoms. The molecule has 8 heteroatoms. The van der Waals surface area contributed by atoms with Crippen molar-refractivity contribution in [2.24, 2.45) is 5.92 Å². The molecule has 6 nitrogen and oxygen atoms in total. The summed E-state index contributed by atoms with van der Waals surface area (Å²) in [5, 5.41) is 3.33. The standard InChI is InChI=1S/C17H20N2O4S2/c1-11-16(13-3-5-14(23-2)6-4-13)19-17(24-11)18-15(20)9-12-7-8-25(21,22)10-12/h3-6,12H,7-10H2,1-2H3,(H,18,19,20). The number of carbonyl (C=O) groups is 1. The first-order valence-corrected chi connectivity index (χ1v) is 10.6. The molecule has 1 N–H and O–H groups in total. The van der Waals surface area contributed by atoms with Crippen LogP contribution < -0.4 is 10.1 Å². The molecule has 1 atom stereocenters. The second-order valence-corrected chi connectivity index (χ2v) is 9.61. The van der Waals surface area contributed by atoms with E-state index in [4.69, 9.17) is 4.74 Å². The fourth-order valence-electron chi connectivity index (χ4n) is 2.93. The van der Waals surface area contributed by atoms with Gasteiger partial charge in [-0.25, -0.2) is 13.4 Å². The molecule has 2 aromatic rings. The zero-order chi connectivity index (χ0) is 18.0. The van der Waals surface area contributed by atoms with E-state index in [-0.39, 0.29) is 29.8 Å². The summed E-state index contributed by atoms with van der Waals surface area (Å²) in [6.07, 6.45) is 0.777. The summed E-state index contributed by atoms with van der Waals surface area (Å²) >= 11 is 1.41. The average Bonchev–Trinajstić information content (AvgIpc) is 3.09. The number of methoxy groups -OCH3 is 1. The van der Waals surface area contributed by atoms with Gasteiger partial charge in [0.2, 0.25) is 5.91 Å². The van der Waals surface area contributed by atoms with Gasteiger partial charge in [-0.05, 0) is 43.5 Å². The third-order valence-corrected chi connectivity index (χ3v) is 6.93. The van der Waals surface area contributed by atoms with Crippen molar-refractivity contribution in [1.82, 2.24) is 4.98 Å². The van der Waals surface area contributed by atoms with E-state index in [1.165, 1.54) is 11.3 Å². The van der Waals surface area contributed by atoms with Crippen molar-refractivity contribution in [2.45, 2.75) is 19.8 Å². The van der Waals surface area contributed by atoms with Crippen LogP contribution in [0.1, 0.15) is 17.7 Å². The summed E-state index contributed by atoms with van der Waals surface area (Å²) in [7, 11) is -1.34. The molecule has 0 spiro atoms. The van der Waals surface area contributed by atoms with Crippen LogP contribution in [0, 0.1) is 12.8 Å². The molecule has 1 saturated heterocycles. The first-order chi connectivity index (χ1) is 11.9. The Kier molecular flexibility index (Phi) is 5.10. The van der Waals surface area contributed by atoms with Gasteiger partial charge in [-0.1, -0.05) is 0 Å². The lowest BCUT2D eigenvalue weighted by Gasteiger charge is -2.06. The highest BCUT2D eigenvalue weighted by Crippen LogP contribution is 2.31. The van der Waals surface area contributed by atoms with Crippen molar-refractivity contribution in [2.75, 3.05) is 23.9 Å². The molecule has 1 aliphatic rings. The topological polar surface area (TPSA) is 85.4 Å². The second-order valence-electron chi connectivity index (χ2n) is 6.17.